The van der Waals surface area contributed by atoms with Crippen molar-refractivity contribution in [1.82, 2.24) is 4.57 Å². The number of ketones is 1. The summed E-state index contributed by atoms with van der Waals surface area (Å²) in [7, 11) is 1.37. The number of methoxy groups -OCH3 is 1. The number of aromatic nitrogens is 1. The summed E-state index contributed by atoms with van der Waals surface area (Å²) in [5.41, 5.74) is 11.1. The molecule has 0 spiro atoms. The number of nitrogens with zero attached hydrogens (tertiary/aromatic N) is 2. The molecule has 2 heterocycles. The Kier molecular flexibility index (Phi) is 9.01. The van der Waals surface area contributed by atoms with Gasteiger partial charge in [-0.2, -0.15) is 0 Å². The van der Waals surface area contributed by atoms with Gasteiger partial charge in [-0.05, 0) is 56.7 Å². The van der Waals surface area contributed by atoms with E-state index in [0.717, 1.165) is 31.7 Å². The summed E-state index contributed by atoms with van der Waals surface area (Å²) in [6.07, 6.45) is 5.89. The average molecular weight is 547 g/mol. The number of rotatable bonds is 12. The van der Waals surface area contributed by atoms with Crippen LogP contribution in [0.1, 0.15) is 74.2 Å². The van der Waals surface area contributed by atoms with Gasteiger partial charge in [-0.1, -0.05) is 6.42 Å². The first kappa shape index (κ1) is 28.7. The number of carbonyl (C=O) groups excluding carboxylic acids is 1. The molecule has 0 radical (unpaired) electrons. The van der Waals surface area contributed by atoms with E-state index < -0.39 is 34.6 Å². The van der Waals surface area contributed by atoms with Gasteiger partial charge in [-0.25, -0.2) is 13.6 Å². The Balaban J connectivity index is 1.63. The van der Waals surface area contributed by atoms with Crippen molar-refractivity contribution in [1.29, 1.82) is 0 Å². The molecule has 5 N–H and O–H groups in total. The lowest BCUT2D eigenvalue weighted by molar-refractivity contribution is -0.120. The Morgan fingerprint density at radius 2 is 2.00 bits per heavy atom. The fraction of sp³-hybridized carbons (Fsp3) is 0.536. The summed E-state index contributed by atoms with van der Waals surface area (Å²) >= 11 is 0. The molecule has 1 saturated carbocycles. The van der Waals surface area contributed by atoms with Crippen molar-refractivity contribution in [2.75, 3.05) is 31.6 Å². The van der Waals surface area contributed by atoms with E-state index in [1.54, 1.807) is 9.47 Å². The number of anilines is 1. The van der Waals surface area contributed by atoms with Gasteiger partial charge < -0.3 is 30.8 Å². The number of hydrogen-bond acceptors (Lipinski definition) is 7. The molecule has 4 rings (SSSR count). The van der Waals surface area contributed by atoms with Gasteiger partial charge >= 0.3 is 5.97 Å². The van der Waals surface area contributed by atoms with E-state index in [-0.39, 0.29) is 48.0 Å². The minimum Gasteiger partial charge on any atom is -0.492 e. The van der Waals surface area contributed by atoms with Crippen LogP contribution in [-0.4, -0.2) is 54.2 Å². The molecular formula is C28H36F2N4O5. The number of allylic oxidation sites excluding steroid dienone is 1. The van der Waals surface area contributed by atoms with E-state index in [0.29, 0.717) is 43.4 Å². The number of ether oxygens (including phenoxy) is 1. The lowest BCUT2D eigenvalue weighted by Crippen LogP contribution is -2.33. The molecule has 2 aliphatic rings. The fourth-order valence-electron chi connectivity index (χ4n) is 5.27. The van der Waals surface area contributed by atoms with E-state index in [1.807, 2.05) is 0 Å². The highest BCUT2D eigenvalue weighted by molar-refractivity contribution is 5.97. The number of carbonyl (C=O) groups is 2. The molecule has 11 heteroatoms. The van der Waals surface area contributed by atoms with Crippen LogP contribution in [0.2, 0.25) is 0 Å². The lowest BCUT2D eigenvalue weighted by atomic mass is 9.98. The zero-order valence-electron chi connectivity index (χ0n) is 22.2. The molecule has 9 nitrogen and oxygen atoms in total. The number of fused-ring (bicyclic) bond motifs is 1. The van der Waals surface area contributed by atoms with Gasteiger partial charge in [-0.15, -0.1) is 0 Å². The monoisotopic (exact) mass is 546 g/mol. The van der Waals surface area contributed by atoms with Gasteiger partial charge in [0.1, 0.15) is 22.9 Å². The quantitative estimate of drug-likeness (QED) is 0.341. The van der Waals surface area contributed by atoms with Gasteiger partial charge in [0.2, 0.25) is 5.43 Å². The van der Waals surface area contributed by atoms with Gasteiger partial charge in [-0.3, -0.25) is 9.59 Å². The fourth-order valence-corrected chi connectivity index (χ4v) is 5.27. The summed E-state index contributed by atoms with van der Waals surface area (Å²) < 4.78 is 38.2. The highest BCUT2D eigenvalue weighted by Gasteiger charge is 2.32. The van der Waals surface area contributed by atoms with Crippen LogP contribution in [0.15, 0.2) is 28.5 Å². The van der Waals surface area contributed by atoms with E-state index in [2.05, 4.69) is 0 Å². The first-order chi connectivity index (χ1) is 18.7. The van der Waals surface area contributed by atoms with Crippen molar-refractivity contribution < 1.29 is 28.2 Å². The predicted octanol–water partition coefficient (Wildman–Crippen LogP) is 3.81. The van der Waals surface area contributed by atoms with Crippen LogP contribution in [0, 0.1) is 5.82 Å². The van der Waals surface area contributed by atoms with E-state index in [4.69, 9.17) is 16.2 Å². The second-order valence-corrected chi connectivity index (χ2v) is 10.3. The Morgan fingerprint density at radius 1 is 1.26 bits per heavy atom. The molecule has 1 aromatic carbocycles. The highest BCUT2D eigenvalue weighted by atomic mass is 19.1. The molecule has 2 aromatic rings. The summed E-state index contributed by atoms with van der Waals surface area (Å²) in [4.78, 5) is 38.7. The van der Waals surface area contributed by atoms with Crippen molar-refractivity contribution >= 4 is 28.3 Å². The zero-order chi connectivity index (χ0) is 28.3. The van der Waals surface area contributed by atoms with Crippen LogP contribution in [-0.2, 0) is 4.79 Å². The zero-order valence-corrected chi connectivity index (χ0v) is 22.2. The topological polar surface area (TPSA) is 141 Å². The maximum Gasteiger partial charge on any atom is 0.341 e. The molecular weight excluding hydrogens is 510 g/mol. The Bertz CT molecular complexity index is 1350. The molecule has 2 fully saturated rings. The molecule has 0 bridgehead atoms. The van der Waals surface area contributed by atoms with Crippen molar-refractivity contribution in [2.45, 2.75) is 69.9 Å². The second-order valence-electron chi connectivity index (χ2n) is 10.3. The van der Waals surface area contributed by atoms with E-state index >= 15 is 8.78 Å². The SMILES string of the molecule is COc1c(N2CCC/C(=C(\F)CCC(=O)[C@@H](N)CCCCN)C2)c(F)cc2c(=O)c(C(=O)O)cn(C3CC3)c12. The van der Waals surface area contributed by atoms with Crippen molar-refractivity contribution in [3.63, 3.8) is 0 Å². The second kappa shape index (κ2) is 12.3. The minimum atomic E-state index is -1.38. The minimum absolute atomic E-state index is 0.00758. The third-order valence-corrected chi connectivity index (χ3v) is 7.53. The average Bonchev–Trinajstić information content (AvgIpc) is 3.76. The lowest BCUT2D eigenvalue weighted by Gasteiger charge is -2.33. The summed E-state index contributed by atoms with van der Waals surface area (Å²) in [5, 5.41) is 9.45. The van der Waals surface area contributed by atoms with Crippen LogP contribution >= 0.6 is 0 Å². The van der Waals surface area contributed by atoms with Crippen LogP contribution in [0.3, 0.4) is 0 Å². The normalized spacial score (nSPS) is 17.8. The summed E-state index contributed by atoms with van der Waals surface area (Å²) in [6, 6.07) is 0.394. The molecule has 1 aliphatic heterocycles. The van der Waals surface area contributed by atoms with Crippen molar-refractivity contribution in [3.8, 4) is 5.75 Å². The number of unbranched alkanes of at least 4 members (excludes halogenated alkanes) is 1. The van der Waals surface area contributed by atoms with Gasteiger partial charge in [0.25, 0.3) is 0 Å². The van der Waals surface area contributed by atoms with Crippen LogP contribution in [0.5, 0.6) is 5.75 Å². The highest BCUT2D eigenvalue weighted by Crippen LogP contribution is 2.44. The number of halogens is 2. The van der Waals surface area contributed by atoms with E-state index in [1.165, 1.54) is 13.3 Å². The maximum atomic E-state index is 15.6. The standard InChI is InChI=1S/C28H36F2N4O5/c1-39-27-24-18(26(36)19(28(37)38)15-34(24)17-7-8-17)13-21(30)25(27)33-12-4-5-16(14-33)20(29)9-10-23(35)22(32)6-2-3-11-31/h13,15,17,22H,2-12,14,31-32H2,1H3,(H,37,38)/b20-16+/t22-/m0/s1. The molecule has 1 aliphatic carbocycles. The molecule has 1 aromatic heterocycles. The summed E-state index contributed by atoms with van der Waals surface area (Å²) in [5.74, 6) is -2.61. The smallest absolute Gasteiger partial charge is 0.341 e. The van der Waals surface area contributed by atoms with Gasteiger partial charge in [0, 0.05) is 38.2 Å². The van der Waals surface area contributed by atoms with Gasteiger partial charge in [0.05, 0.1) is 24.1 Å². The number of Topliss-reactive ketones (excluding diaryl/α,β-unsaturated/α-hetero) is 1. The maximum absolute atomic E-state index is 15.6. The number of piperidine rings is 1. The Hall–Kier alpha value is -3.31. The number of carboxylic acid groups (broad SMARTS) is 1. The molecule has 0 unspecified atom stereocenters. The van der Waals surface area contributed by atoms with Crippen LogP contribution < -0.4 is 26.5 Å². The third kappa shape index (κ3) is 6.14. The number of nitrogens with two attached hydrogens (primary N) is 2. The number of pyridine rings is 1. The number of carboxylic acids is 1. The van der Waals surface area contributed by atoms with Gasteiger partial charge in [0.15, 0.2) is 11.6 Å². The molecule has 0 amide bonds. The van der Waals surface area contributed by atoms with Crippen LogP contribution in [0.4, 0.5) is 14.5 Å². The first-order valence-corrected chi connectivity index (χ1v) is 13.5. The Labute approximate surface area is 225 Å². The first-order valence-electron chi connectivity index (χ1n) is 13.5. The predicted molar refractivity (Wildman–Crippen MR) is 145 cm³/mol. The number of hydrogen-bond donors (Lipinski definition) is 3. The third-order valence-electron chi connectivity index (χ3n) is 7.53. The largest absolute Gasteiger partial charge is 0.492 e. The van der Waals surface area contributed by atoms with Crippen molar-refractivity contribution in [2.24, 2.45) is 11.5 Å². The van der Waals surface area contributed by atoms with E-state index in [9.17, 15) is 19.5 Å². The summed E-state index contributed by atoms with van der Waals surface area (Å²) in [6.45, 7) is 1.06. The molecule has 39 heavy (non-hydrogen) atoms. The molecule has 1 atom stereocenters. The van der Waals surface area contributed by atoms with Crippen LogP contribution in [0.25, 0.3) is 10.9 Å². The number of benzene rings is 1. The molecule has 1 saturated heterocycles. The Morgan fingerprint density at radius 3 is 2.64 bits per heavy atom. The molecule has 212 valence electrons. The number of aromatic carboxylic acids is 1. The van der Waals surface area contributed by atoms with Crippen molar-refractivity contribution in [3.05, 3.63) is 45.3 Å².